The minimum Gasteiger partial charge on any atom is -0.499 e. The van der Waals surface area contributed by atoms with Gasteiger partial charge in [-0.1, -0.05) is 0 Å². The third-order valence-electron chi connectivity index (χ3n) is 1.10. The first-order valence-corrected chi connectivity index (χ1v) is 3.55. The molecule has 0 saturated heterocycles. The van der Waals surface area contributed by atoms with Crippen molar-refractivity contribution in [3.05, 3.63) is 11.8 Å². The second-order valence-electron chi connectivity index (χ2n) is 2.04. The summed E-state index contributed by atoms with van der Waals surface area (Å²) in [5, 5.41) is 26.5. The summed E-state index contributed by atoms with van der Waals surface area (Å²) in [6.45, 7) is 0.269. The van der Waals surface area contributed by atoms with Crippen molar-refractivity contribution in [2.75, 3.05) is 13.2 Å². The standard InChI is InChI=1S/C8H9N2O2/c9-5-8(6-10)7-12-4-2-1-3-11/h7H,1-4H2. The molecule has 0 aromatic heterocycles. The van der Waals surface area contributed by atoms with E-state index in [2.05, 4.69) is 0 Å². The Labute approximate surface area is 71.3 Å². The van der Waals surface area contributed by atoms with Gasteiger partial charge in [-0.15, -0.1) is 0 Å². The Morgan fingerprint density at radius 3 is 2.50 bits per heavy atom. The summed E-state index contributed by atoms with van der Waals surface area (Å²) < 4.78 is 4.83. The molecule has 0 heterocycles. The maximum Gasteiger partial charge on any atom is 0.163 e. The van der Waals surface area contributed by atoms with E-state index in [4.69, 9.17) is 15.3 Å². The molecule has 63 valence electrons. The second-order valence-corrected chi connectivity index (χ2v) is 2.04. The van der Waals surface area contributed by atoms with E-state index in [0.717, 1.165) is 6.26 Å². The van der Waals surface area contributed by atoms with E-state index in [1.807, 2.05) is 0 Å². The van der Waals surface area contributed by atoms with Gasteiger partial charge >= 0.3 is 0 Å². The molecule has 4 nitrogen and oxygen atoms in total. The van der Waals surface area contributed by atoms with Gasteiger partial charge in [-0.2, -0.15) is 10.5 Å². The maximum absolute atomic E-state index is 9.96. The van der Waals surface area contributed by atoms with E-state index in [9.17, 15) is 5.11 Å². The molecule has 0 fully saturated rings. The van der Waals surface area contributed by atoms with Gasteiger partial charge in [0.2, 0.25) is 0 Å². The van der Waals surface area contributed by atoms with Crippen molar-refractivity contribution < 1.29 is 9.84 Å². The number of hydrogen-bond acceptors (Lipinski definition) is 3. The minimum atomic E-state index is -0.115. The number of rotatable bonds is 5. The SMILES string of the molecule is N#CC(C#N)=COCCCC[O]. The van der Waals surface area contributed by atoms with E-state index in [-0.39, 0.29) is 12.2 Å². The van der Waals surface area contributed by atoms with Gasteiger partial charge in [0.15, 0.2) is 5.57 Å². The van der Waals surface area contributed by atoms with Crippen LogP contribution in [0.2, 0.25) is 0 Å². The lowest BCUT2D eigenvalue weighted by Crippen LogP contribution is -1.90. The first kappa shape index (κ1) is 10.5. The Balaban J connectivity index is 3.48. The van der Waals surface area contributed by atoms with Crippen molar-refractivity contribution in [2.45, 2.75) is 12.8 Å². The summed E-state index contributed by atoms with van der Waals surface area (Å²) in [4.78, 5) is 0. The van der Waals surface area contributed by atoms with Gasteiger partial charge in [-0.3, -0.25) is 0 Å². The van der Waals surface area contributed by atoms with Crippen LogP contribution >= 0.6 is 0 Å². The Morgan fingerprint density at radius 1 is 1.33 bits per heavy atom. The van der Waals surface area contributed by atoms with Crippen LogP contribution in [0.25, 0.3) is 0 Å². The van der Waals surface area contributed by atoms with E-state index >= 15 is 0 Å². The molecule has 0 N–H and O–H groups in total. The highest BCUT2D eigenvalue weighted by molar-refractivity contribution is 5.33. The first-order valence-electron chi connectivity index (χ1n) is 3.55. The van der Waals surface area contributed by atoms with Crippen molar-refractivity contribution in [3.8, 4) is 12.1 Å². The van der Waals surface area contributed by atoms with Gasteiger partial charge in [-0.25, -0.2) is 5.11 Å². The van der Waals surface area contributed by atoms with Crippen molar-refractivity contribution in [1.29, 1.82) is 10.5 Å². The van der Waals surface area contributed by atoms with Gasteiger partial charge < -0.3 is 4.74 Å². The Morgan fingerprint density at radius 2 is 2.00 bits per heavy atom. The Hall–Kier alpha value is -1.52. The number of allylic oxidation sites excluding steroid dienone is 1. The first-order chi connectivity index (χ1) is 5.85. The highest BCUT2D eigenvalue weighted by atomic mass is 16.5. The van der Waals surface area contributed by atoms with Crippen LogP contribution in [-0.2, 0) is 9.84 Å². The van der Waals surface area contributed by atoms with Crippen LogP contribution in [0.4, 0.5) is 0 Å². The predicted octanol–water partition coefficient (Wildman–Crippen LogP) is 1.14. The monoisotopic (exact) mass is 165 g/mol. The normalized spacial score (nSPS) is 7.92. The largest absolute Gasteiger partial charge is 0.499 e. The quantitative estimate of drug-likeness (QED) is 0.348. The number of nitrogens with zero attached hydrogens (tertiary/aromatic N) is 2. The summed E-state index contributed by atoms with van der Waals surface area (Å²) in [7, 11) is 0. The number of nitriles is 2. The third-order valence-corrected chi connectivity index (χ3v) is 1.10. The molecule has 0 rings (SSSR count). The fourth-order valence-corrected chi connectivity index (χ4v) is 0.507. The van der Waals surface area contributed by atoms with E-state index in [1.54, 1.807) is 12.1 Å². The molecule has 0 atom stereocenters. The molecule has 0 unspecified atom stereocenters. The van der Waals surface area contributed by atoms with Crippen molar-refractivity contribution >= 4 is 0 Å². The van der Waals surface area contributed by atoms with Gasteiger partial charge in [0.25, 0.3) is 0 Å². The molecule has 0 aromatic carbocycles. The molecule has 0 aliphatic rings. The van der Waals surface area contributed by atoms with Gasteiger partial charge in [0.1, 0.15) is 18.4 Å². The van der Waals surface area contributed by atoms with Crippen LogP contribution < -0.4 is 0 Å². The number of hydrogen-bond donors (Lipinski definition) is 0. The summed E-state index contributed by atoms with van der Waals surface area (Å²) in [6, 6.07) is 3.31. The smallest absolute Gasteiger partial charge is 0.163 e. The van der Waals surface area contributed by atoms with Crippen LogP contribution in [0.15, 0.2) is 11.8 Å². The zero-order chi connectivity index (χ0) is 9.23. The highest BCUT2D eigenvalue weighted by Crippen LogP contribution is 1.93. The topological polar surface area (TPSA) is 76.7 Å². The van der Waals surface area contributed by atoms with Crippen LogP contribution in [0.1, 0.15) is 12.8 Å². The summed E-state index contributed by atoms with van der Waals surface area (Å²) in [6.07, 6.45) is 2.33. The predicted molar refractivity (Wildman–Crippen MR) is 40.0 cm³/mol. The van der Waals surface area contributed by atoms with Crippen LogP contribution in [0.3, 0.4) is 0 Å². The molecular formula is C8H9N2O2. The molecular weight excluding hydrogens is 156 g/mol. The average Bonchev–Trinajstić information content (AvgIpc) is 2.11. The maximum atomic E-state index is 9.96. The lowest BCUT2D eigenvalue weighted by molar-refractivity contribution is 0.169. The minimum absolute atomic E-state index is 0.0582. The fraction of sp³-hybridized carbons (Fsp3) is 0.500. The lowest BCUT2D eigenvalue weighted by atomic mass is 10.3. The fourth-order valence-electron chi connectivity index (χ4n) is 0.507. The molecule has 0 aromatic rings. The van der Waals surface area contributed by atoms with Crippen LogP contribution in [0, 0.1) is 22.7 Å². The molecule has 0 aliphatic carbocycles. The van der Waals surface area contributed by atoms with E-state index in [0.29, 0.717) is 19.4 Å². The molecule has 0 amide bonds. The van der Waals surface area contributed by atoms with Crippen molar-refractivity contribution in [3.63, 3.8) is 0 Å². The number of unbranched alkanes of at least 4 members (excludes halogenated alkanes) is 1. The Kier molecular flexibility index (Phi) is 6.62. The third kappa shape index (κ3) is 5.28. The van der Waals surface area contributed by atoms with Gasteiger partial charge in [0, 0.05) is 0 Å². The highest BCUT2D eigenvalue weighted by Gasteiger charge is 1.91. The van der Waals surface area contributed by atoms with Crippen LogP contribution in [-0.4, -0.2) is 13.2 Å². The number of ether oxygens (including phenoxy) is 1. The van der Waals surface area contributed by atoms with E-state index in [1.165, 1.54) is 0 Å². The van der Waals surface area contributed by atoms with Crippen molar-refractivity contribution in [1.82, 2.24) is 0 Å². The zero-order valence-corrected chi connectivity index (χ0v) is 6.62. The molecule has 0 saturated carbocycles. The van der Waals surface area contributed by atoms with Gasteiger partial charge in [0.05, 0.1) is 13.2 Å². The molecule has 4 heteroatoms. The zero-order valence-electron chi connectivity index (χ0n) is 6.62. The van der Waals surface area contributed by atoms with E-state index < -0.39 is 0 Å². The lowest BCUT2D eigenvalue weighted by Gasteiger charge is -1.96. The average molecular weight is 165 g/mol. The second kappa shape index (κ2) is 7.59. The van der Waals surface area contributed by atoms with Crippen LogP contribution in [0.5, 0.6) is 0 Å². The molecule has 0 spiro atoms. The van der Waals surface area contributed by atoms with Gasteiger partial charge in [-0.05, 0) is 12.8 Å². The molecule has 0 bridgehead atoms. The molecule has 1 radical (unpaired) electrons. The molecule has 0 aliphatic heterocycles. The molecule has 12 heavy (non-hydrogen) atoms. The summed E-state index contributed by atoms with van der Waals surface area (Å²) >= 11 is 0. The summed E-state index contributed by atoms with van der Waals surface area (Å²) in [5.74, 6) is 0. The summed E-state index contributed by atoms with van der Waals surface area (Å²) in [5.41, 5.74) is -0.0582. The Bertz CT molecular complexity index is 206. The van der Waals surface area contributed by atoms with Crippen molar-refractivity contribution in [2.24, 2.45) is 0 Å².